The first-order valence-corrected chi connectivity index (χ1v) is 11.2. The maximum absolute atomic E-state index is 12.6. The van der Waals surface area contributed by atoms with Crippen molar-refractivity contribution in [3.8, 4) is 10.7 Å². The zero-order valence-corrected chi connectivity index (χ0v) is 18.4. The maximum atomic E-state index is 12.6. The van der Waals surface area contributed by atoms with E-state index in [0.717, 1.165) is 23.8 Å². The van der Waals surface area contributed by atoms with E-state index in [9.17, 15) is 4.79 Å². The van der Waals surface area contributed by atoms with Gasteiger partial charge in [0, 0.05) is 19.5 Å². The van der Waals surface area contributed by atoms with E-state index in [4.69, 9.17) is 12.2 Å². The number of benzene rings is 1. The predicted octanol–water partition coefficient (Wildman–Crippen LogP) is 4.26. The summed E-state index contributed by atoms with van der Waals surface area (Å²) in [6, 6.07) is 14.5. The summed E-state index contributed by atoms with van der Waals surface area (Å²) in [6.45, 7) is 7.23. The normalized spacial score (nSPS) is 12.2. The Labute approximate surface area is 180 Å². The van der Waals surface area contributed by atoms with E-state index in [1.807, 2.05) is 40.3 Å². The van der Waals surface area contributed by atoms with Crippen LogP contribution in [0.25, 0.3) is 10.7 Å². The van der Waals surface area contributed by atoms with E-state index >= 15 is 0 Å². The van der Waals surface area contributed by atoms with Crippen LogP contribution in [0, 0.1) is 4.77 Å². The minimum absolute atomic E-state index is 0.0123. The maximum Gasteiger partial charge on any atom is 0.221 e. The van der Waals surface area contributed by atoms with Gasteiger partial charge >= 0.3 is 0 Å². The van der Waals surface area contributed by atoms with Crippen LogP contribution in [0.3, 0.4) is 0 Å². The van der Waals surface area contributed by atoms with Gasteiger partial charge in [0.1, 0.15) is 0 Å². The Morgan fingerprint density at radius 2 is 2.00 bits per heavy atom. The van der Waals surface area contributed by atoms with Crippen LogP contribution in [-0.2, 0) is 11.3 Å². The smallest absolute Gasteiger partial charge is 0.221 e. The van der Waals surface area contributed by atoms with Crippen LogP contribution in [0.5, 0.6) is 0 Å². The van der Waals surface area contributed by atoms with Gasteiger partial charge in [-0.3, -0.25) is 19.4 Å². The summed E-state index contributed by atoms with van der Waals surface area (Å²) in [5.41, 5.74) is 1.22. The molecule has 0 saturated heterocycles. The topological polar surface area (TPSA) is 66.0 Å². The molecule has 1 amide bonds. The minimum atomic E-state index is 0.0123. The lowest BCUT2D eigenvalue weighted by atomic mass is 10.1. The second kappa shape index (κ2) is 10.5. The Bertz CT molecular complexity index is 945. The number of rotatable bonds is 10. The number of nitrogens with zero attached hydrogens (tertiary/aromatic N) is 3. The zero-order chi connectivity index (χ0) is 20.6. The Balaban J connectivity index is 1.62. The highest BCUT2D eigenvalue weighted by Gasteiger charge is 2.19. The minimum Gasteiger partial charge on any atom is -0.354 e. The number of aromatic amines is 1. The molecule has 0 fully saturated rings. The highest BCUT2D eigenvalue weighted by molar-refractivity contribution is 7.71. The van der Waals surface area contributed by atoms with Crippen LogP contribution in [0.1, 0.15) is 31.9 Å². The molecule has 8 heteroatoms. The van der Waals surface area contributed by atoms with Gasteiger partial charge in [-0.1, -0.05) is 50.2 Å². The number of aromatic nitrogens is 3. The molecule has 2 N–H and O–H groups in total. The van der Waals surface area contributed by atoms with E-state index in [0.29, 0.717) is 24.3 Å². The van der Waals surface area contributed by atoms with E-state index in [1.165, 1.54) is 5.56 Å². The van der Waals surface area contributed by atoms with Gasteiger partial charge < -0.3 is 5.32 Å². The number of likely N-dealkylation sites (N-methyl/N-ethyl adjacent to an activating group) is 1. The molecule has 1 aromatic carbocycles. The van der Waals surface area contributed by atoms with Crippen LogP contribution in [-0.4, -0.2) is 45.2 Å². The van der Waals surface area contributed by atoms with Crippen molar-refractivity contribution in [1.29, 1.82) is 0 Å². The molecule has 0 saturated carbocycles. The third-order valence-electron chi connectivity index (χ3n) is 4.99. The molecule has 6 nitrogen and oxygen atoms in total. The molecule has 0 spiro atoms. The number of carbonyl (C=O) groups is 1. The monoisotopic (exact) mass is 429 g/mol. The summed E-state index contributed by atoms with van der Waals surface area (Å²) < 4.78 is 2.42. The Morgan fingerprint density at radius 1 is 1.24 bits per heavy atom. The average Bonchev–Trinajstić information content (AvgIpc) is 3.40. The van der Waals surface area contributed by atoms with Crippen molar-refractivity contribution in [1.82, 2.24) is 25.0 Å². The van der Waals surface area contributed by atoms with E-state index in [2.05, 4.69) is 46.4 Å². The quantitative estimate of drug-likeness (QED) is 0.473. The van der Waals surface area contributed by atoms with Gasteiger partial charge in [0.15, 0.2) is 10.6 Å². The average molecular weight is 430 g/mol. The van der Waals surface area contributed by atoms with Crippen LogP contribution >= 0.6 is 23.6 Å². The molecular formula is C21H27N5OS2. The van der Waals surface area contributed by atoms with Crippen LogP contribution < -0.4 is 5.32 Å². The first-order chi connectivity index (χ1) is 14.1. The first-order valence-electron chi connectivity index (χ1n) is 9.88. The summed E-state index contributed by atoms with van der Waals surface area (Å²) in [5.74, 6) is 0.793. The molecule has 154 valence electrons. The second-order valence-corrected chi connectivity index (χ2v) is 8.02. The largest absolute Gasteiger partial charge is 0.354 e. The van der Waals surface area contributed by atoms with Gasteiger partial charge in [-0.05, 0) is 42.3 Å². The summed E-state index contributed by atoms with van der Waals surface area (Å²) in [6.07, 6.45) is 0.353. The van der Waals surface area contributed by atoms with Crippen molar-refractivity contribution in [2.45, 2.75) is 32.9 Å². The molecule has 0 aliphatic carbocycles. The summed E-state index contributed by atoms with van der Waals surface area (Å²) >= 11 is 6.95. The number of amides is 1. The molecule has 1 unspecified atom stereocenters. The molecule has 2 aromatic heterocycles. The fourth-order valence-electron chi connectivity index (χ4n) is 3.43. The van der Waals surface area contributed by atoms with Crippen LogP contribution in [0.4, 0.5) is 0 Å². The highest BCUT2D eigenvalue weighted by atomic mass is 32.1. The summed E-state index contributed by atoms with van der Waals surface area (Å²) in [4.78, 5) is 16.0. The number of H-pyrrole nitrogens is 1. The number of hydrogen-bond donors (Lipinski definition) is 2. The summed E-state index contributed by atoms with van der Waals surface area (Å²) in [5, 5.41) is 12.3. The highest BCUT2D eigenvalue weighted by Crippen LogP contribution is 2.23. The number of thiophene rings is 1. The van der Waals surface area contributed by atoms with E-state index in [1.54, 1.807) is 11.3 Å². The molecule has 0 aliphatic rings. The third-order valence-corrected chi connectivity index (χ3v) is 6.17. The molecule has 29 heavy (non-hydrogen) atoms. The van der Waals surface area contributed by atoms with Gasteiger partial charge in [0.25, 0.3) is 0 Å². The lowest BCUT2D eigenvalue weighted by molar-refractivity contribution is -0.121. The number of carbonyl (C=O) groups excluding carboxylic acids is 1. The van der Waals surface area contributed by atoms with E-state index in [-0.39, 0.29) is 11.9 Å². The Kier molecular flexibility index (Phi) is 7.74. The Morgan fingerprint density at radius 3 is 2.66 bits per heavy atom. The van der Waals surface area contributed by atoms with E-state index < -0.39 is 0 Å². The first kappa shape index (κ1) is 21.4. The second-order valence-electron chi connectivity index (χ2n) is 6.68. The molecule has 3 rings (SSSR count). The van der Waals surface area contributed by atoms with Gasteiger partial charge in [0.2, 0.25) is 5.91 Å². The molecule has 0 aliphatic heterocycles. The van der Waals surface area contributed by atoms with Crippen molar-refractivity contribution in [2.75, 3.05) is 19.6 Å². The fourth-order valence-corrected chi connectivity index (χ4v) is 4.37. The van der Waals surface area contributed by atoms with Crippen molar-refractivity contribution >= 4 is 29.5 Å². The van der Waals surface area contributed by atoms with Crippen LogP contribution in [0.15, 0.2) is 47.8 Å². The van der Waals surface area contributed by atoms with Gasteiger partial charge in [-0.15, -0.1) is 11.3 Å². The molecule has 0 bridgehead atoms. The Hall–Kier alpha value is -2.29. The van der Waals surface area contributed by atoms with Crippen molar-refractivity contribution < 1.29 is 4.79 Å². The fraction of sp³-hybridized carbons (Fsp3) is 0.381. The summed E-state index contributed by atoms with van der Waals surface area (Å²) in [7, 11) is 0. The lowest BCUT2D eigenvalue weighted by Gasteiger charge is -2.30. The molecule has 3 aromatic rings. The standard InChI is InChI=1S/C21H27N5OS2/c1-3-25(4-2)17(16-9-6-5-7-10-16)15-22-19(27)12-13-26-20(23-24-21(26)28)18-11-8-14-29-18/h5-11,14,17H,3-4,12-13,15H2,1-2H3,(H,22,27)(H,24,28). The molecular weight excluding hydrogens is 402 g/mol. The van der Waals surface area contributed by atoms with Crippen molar-refractivity contribution in [3.05, 3.63) is 58.2 Å². The van der Waals surface area contributed by atoms with Crippen LogP contribution in [0.2, 0.25) is 0 Å². The van der Waals surface area contributed by atoms with Crippen molar-refractivity contribution in [3.63, 3.8) is 0 Å². The van der Waals surface area contributed by atoms with Gasteiger partial charge in [-0.25, -0.2) is 0 Å². The zero-order valence-electron chi connectivity index (χ0n) is 16.8. The molecule has 0 radical (unpaired) electrons. The third kappa shape index (κ3) is 5.41. The number of hydrogen-bond acceptors (Lipinski definition) is 5. The SMILES string of the molecule is CCN(CC)C(CNC(=O)CCn1c(-c2cccs2)n[nH]c1=S)c1ccccc1. The number of nitrogens with one attached hydrogen (secondary N) is 2. The van der Waals surface area contributed by atoms with Gasteiger partial charge in [0.05, 0.1) is 10.9 Å². The van der Waals surface area contributed by atoms with Crippen molar-refractivity contribution in [2.24, 2.45) is 0 Å². The van der Waals surface area contributed by atoms with Gasteiger partial charge in [-0.2, -0.15) is 5.10 Å². The molecule has 2 heterocycles. The molecule has 1 atom stereocenters. The lowest BCUT2D eigenvalue weighted by Crippen LogP contribution is -2.38. The predicted molar refractivity (Wildman–Crippen MR) is 120 cm³/mol.